The first-order chi connectivity index (χ1) is 6.26. The van der Waals surface area contributed by atoms with E-state index in [0.29, 0.717) is 12.7 Å². The van der Waals surface area contributed by atoms with E-state index < -0.39 is 0 Å². The topological polar surface area (TPSA) is 35.5 Å². The van der Waals surface area contributed by atoms with Crippen LogP contribution in [0.2, 0.25) is 0 Å². The molecule has 0 saturated carbocycles. The molecule has 0 aromatic heterocycles. The normalized spacial score (nSPS) is 24.5. The minimum atomic E-state index is -0.297. The zero-order valence-electron chi connectivity index (χ0n) is 8.21. The first kappa shape index (κ1) is 10.1. The van der Waals surface area contributed by atoms with Gasteiger partial charge in [0.2, 0.25) is 0 Å². The van der Waals surface area contributed by atoms with E-state index in [2.05, 4.69) is 6.92 Å². The van der Waals surface area contributed by atoms with Crippen LogP contribution < -0.4 is 0 Å². The van der Waals surface area contributed by atoms with Crippen LogP contribution in [0.3, 0.4) is 0 Å². The van der Waals surface area contributed by atoms with Gasteiger partial charge in [0.25, 0.3) is 0 Å². The van der Waals surface area contributed by atoms with Gasteiger partial charge >= 0.3 is 5.97 Å². The molecule has 0 bridgehead atoms. The molecule has 1 fully saturated rings. The van der Waals surface area contributed by atoms with Crippen molar-refractivity contribution in [2.45, 2.75) is 39.2 Å². The molecule has 13 heavy (non-hydrogen) atoms. The van der Waals surface area contributed by atoms with Crippen molar-refractivity contribution in [2.75, 3.05) is 6.61 Å². The van der Waals surface area contributed by atoms with E-state index in [0.717, 1.165) is 25.0 Å². The lowest BCUT2D eigenvalue weighted by atomic mass is 10.2. The van der Waals surface area contributed by atoms with Crippen molar-refractivity contribution >= 4 is 5.97 Å². The summed E-state index contributed by atoms with van der Waals surface area (Å²) in [6.07, 6.45) is 4.62. The van der Waals surface area contributed by atoms with Crippen molar-refractivity contribution in [1.29, 1.82) is 0 Å². The lowest BCUT2D eigenvalue weighted by Gasteiger charge is -2.06. The van der Waals surface area contributed by atoms with Crippen LogP contribution in [0.15, 0.2) is 11.8 Å². The lowest BCUT2D eigenvalue weighted by Crippen LogP contribution is -2.03. The van der Waals surface area contributed by atoms with Crippen LogP contribution in [0.1, 0.15) is 33.1 Å². The molecule has 1 unspecified atom stereocenters. The number of carbonyl (C=O) groups excluding carboxylic acids is 1. The number of ether oxygens (including phenoxy) is 2. The van der Waals surface area contributed by atoms with E-state index in [-0.39, 0.29) is 5.97 Å². The standard InChI is InChI=1S/C10H16O3/c1-3-8-5-6-9(13-8)7-10(11)12-4-2/h7-8H,3-6H2,1-2H3/b9-7+. The molecule has 1 aliphatic heterocycles. The second kappa shape index (κ2) is 4.90. The molecule has 3 heteroatoms. The second-order valence-electron chi connectivity index (χ2n) is 3.05. The van der Waals surface area contributed by atoms with Gasteiger partial charge in [-0.1, -0.05) is 6.92 Å². The van der Waals surface area contributed by atoms with Crippen molar-refractivity contribution in [3.8, 4) is 0 Å². The first-order valence-electron chi connectivity index (χ1n) is 4.80. The maximum absolute atomic E-state index is 11.0. The fourth-order valence-electron chi connectivity index (χ4n) is 1.34. The molecule has 1 heterocycles. The van der Waals surface area contributed by atoms with Crippen molar-refractivity contribution in [1.82, 2.24) is 0 Å². The molecule has 0 aromatic carbocycles. The molecule has 0 N–H and O–H groups in total. The highest BCUT2D eigenvalue weighted by Crippen LogP contribution is 2.24. The Morgan fingerprint density at radius 2 is 2.46 bits per heavy atom. The molecule has 3 nitrogen and oxygen atoms in total. The zero-order valence-corrected chi connectivity index (χ0v) is 8.21. The number of allylic oxidation sites excluding steroid dienone is 1. The predicted octanol–water partition coefficient (Wildman–Crippen LogP) is 2.02. The van der Waals surface area contributed by atoms with E-state index in [1.54, 1.807) is 6.92 Å². The van der Waals surface area contributed by atoms with E-state index in [1.165, 1.54) is 6.08 Å². The molecule has 74 valence electrons. The summed E-state index contributed by atoms with van der Waals surface area (Å²) in [5.74, 6) is 0.472. The van der Waals surface area contributed by atoms with Crippen molar-refractivity contribution in [3.05, 3.63) is 11.8 Å². The average molecular weight is 184 g/mol. The fourth-order valence-corrected chi connectivity index (χ4v) is 1.34. The Labute approximate surface area is 78.7 Å². The summed E-state index contributed by atoms with van der Waals surface area (Å²) >= 11 is 0. The summed E-state index contributed by atoms with van der Waals surface area (Å²) in [5.41, 5.74) is 0. The molecule has 0 spiro atoms. The second-order valence-corrected chi connectivity index (χ2v) is 3.05. The minimum Gasteiger partial charge on any atom is -0.495 e. The highest BCUT2D eigenvalue weighted by molar-refractivity contribution is 5.82. The number of hydrogen-bond donors (Lipinski definition) is 0. The summed E-state index contributed by atoms with van der Waals surface area (Å²) in [5, 5.41) is 0. The molecular formula is C10H16O3. The third-order valence-corrected chi connectivity index (χ3v) is 2.05. The third-order valence-electron chi connectivity index (χ3n) is 2.05. The molecule has 1 aliphatic rings. The van der Waals surface area contributed by atoms with Gasteiger partial charge in [-0.3, -0.25) is 0 Å². The number of carbonyl (C=O) groups is 1. The van der Waals surface area contributed by atoms with Gasteiger partial charge in [-0.05, 0) is 19.8 Å². The van der Waals surface area contributed by atoms with E-state index in [4.69, 9.17) is 9.47 Å². The molecule has 1 rings (SSSR count). The van der Waals surface area contributed by atoms with E-state index in [9.17, 15) is 4.79 Å². The van der Waals surface area contributed by atoms with Gasteiger partial charge in [-0.25, -0.2) is 4.79 Å². The van der Waals surface area contributed by atoms with Crippen molar-refractivity contribution in [2.24, 2.45) is 0 Å². The Hall–Kier alpha value is -0.990. The van der Waals surface area contributed by atoms with Gasteiger partial charge in [0.1, 0.15) is 5.76 Å². The average Bonchev–Trinajstić information content (AvgIpc) is 2.52. The van der Waals surface area contributed by atoms with Crippen LogP contribution in [0.4, 0.5) is 0 Å². The lowest BCUT2D eigenvalue weighted by molar-refractivity contribution is -0.137. The number of rotatable bonds is 3. The predicted molar refractivity (Wildman–Crippen MR) is 49.1 cm³/mol. The fraction of sp³-hybridized carbons (Fsp3) is 0.700. The summed E-state index contributed by atoms with van der Waals surface area (Å²) < 4.78 is 10.3. The van der Waals surface area contributed by atoms with E-state index in [1.807, 2.05) is 0 Å². The smallest absolute Gasteiger partial charge is 0.334 e. The maximum Gasteiger partial charge on any atom is 0.334 e. The van der Waals surface area contributed by atoms with Crippen LogP contribution in [-0.4, -0.2) is 18.7 Å². The summed E-state index contributed by atoms with van der Waals surface area (Å²) in [4.78, 5) is 11.0. The van der Waals surface area contributed by atoms with Crippen LogP contribution in [0.5, 0.6) is 0 Å². The van der Waals surface area contributed by atoms with Crippen LogP contribution in [-0.2, 0) is 14.3 Å². The van der Waals surface area contributed by atoms with E-state index >= 15 is 0 Å². The zero-order chi connectivity index (χ0) is 9.68. The number of hydrogen-bond acceptors (Lipinski definition) is 3. The monoisotopic (exact) mass is 184 g/mol. The first-order valence-corrected chi connectivity index (χ1v) is 4.80. The Balaban J connectivity index is 2.40. The Bertz CT molecular complexity index is 208. The highest BCUT2D eigenvalue weighted by atomic mass is 16.5. The quantitative estimate of drug-likeness (QED) is 0.497. The molecule has 0 radical (unpaired) electrons. The van der Waals surface area contributed by atoms with Crippen LogP contribution in [0, 0.1) is 0 Å². The molecule has 1 atom stereocenters. The van der Waals surface area contributed by atoms with Gasteiger partial charge in [0.05, 0.1) is 18.8 Å². The Morgan fingerprint density at radius 1 is 1.69 bits per heavy atom. The molecular weight excluding hydrogens is 168 g/mol. The van der Waals surface area contributed by atoms with Crippen molar-refractivity contribution in [3.63, 3.8) is 0 Å². The molecule has 1 saturated heterocycles. The minimum absolute atomic E-state index is 0.292. The summed E-state index contributed by atoms with van der Waals surface area (Å²) in [7, 11) is 0. The van der Waals surface area contributed by atoms with Gasteiger partial charge in [-0.15, -0.1) is 0 Å². The SMILES string of the molecule is CCOC(=O)/C=C1\CCC(CC)O1. The summed E-state index contributed by atoms with van der Waals surface area (Å²) in [6.45, 7) is 4.29. The van der Waals surface area contributed by atoms with Gasteiger partial charge < -0.3 is 9.47 Å². The number of esters is 1. The maximum atomic E-state index is 11.0. The van der Waals surface area contributed by atoms with Crippen LogP contribution in [0.25, 0.3) is 0 Å². The Morgan fingerprint density at radius 3 is 3.00 bits per heavy atom. The molecule has 0 aliphatic carbocycles. The highest BCUT2D eigenvalue weighted by Gasteiger charge is 2.19. The summed E-state index contributed by atoms with van der Waals surface area (Å²) in [6, 6.07) is 0. The van der Waals surface area contributed by atoms with Gasteiger partial charge in [0.15, 0.2) is 0 Å². The van der Waals surface area contributed by atoms with Gasteiger partial charge in [-0.2, -0.15) is 0 Å². The van der Waals surface area contributed by atoms with Gasteiger partial charge in [0, 0.05) is 6.42 Å². The van der Waals surface area contributed by atoms with Crippen molar-refractivity contribution < 1.29 is 14.3 Å². The Kier molecular flexibility index (Phi) is 3.80. The third kappa shape index (κ3) is 3.09. The molecule has 0 aromatic rings. The largest absolute Gasteiger partial charge is 0.495 e. The van der Waals surface area contributed by atoms with Crippen LogP contribution >= 0.6 is 0 Å². The molecule has 0 amide bonds.